The number of nitrogens with one attached hydrogen (secondary N) is 1. The monoisotopic (exact) mass is 489 g/mol. The average molecular weight is 490 g/mol. The number of hydrogen-bond donors (Lipinski definition) is 1. The second-order valence-corrected chi connectivity index (χ2v) is 10.3. The lowest BCUT2D eigenvalue weighted by molar-refractivity contribution is -0.132. The molecule has 11 heteroatoms. The Hall–Kier alpha value is -1.65. The average Bonchev–Trinajstić information content (AvgIpc) is 3.28. The van der Waals surface area contributed by atoms with Crippen molar-refractivity contribution in [3.8, 4) is 0 Å². The smallest absolute Gasteiger partial charge is 0.261 e. The highest BCUT2D eigenvalue weighted by Gasteiger charge is 2.31. The Morgan fingerprint density at radius 1 is 1.07 bits per heavy atom. The number of amides is 2. The van der Waals surface area contributed by atoms with Gasteiger partial charge in [-0.2, -0.15) is 4.31 Å². The van der Waals surface area contributed by atoms with Gasteiger partial charge in [-0.3, -0.25) is 9.59 Å². The first-order valence-corrected chi connectivity index (χ1v) is 12.4. The van der Waals surface area contributed by atoms with Crippen molar-refractivity contribution in [2.75, 3.05) is 32.7 Å². The fourth-order valence-electron chi connectivity index (χ4n) is 3.09. The number of nitrogens with zero attached hydrogens (tertiary/aromatic N) is 2. The SMILES string of the molecule is O=C(NCCCC(=O)N1CCN(S(=O)(=O)c2cccc(Cl)c2Cl)CC1)c1cccs1. The van der Waals surface area contributed by atoms with Crippen LogP contribution in [0.2, 0.25) is 10.0 Å². The topological polar surface area (TPSA) is 86.8 Å². The van der Waals surface area contributed by atoms with Gasteiger partial charge >= 0.3 is 0 Å². The molecule has 0 aliphatic carbocycles. The molecular weight excluding hydrogens is 469 g/mol. The van der Waals surface area contributed by atoms with Crippen molar-refractivity contribution in [1.29, 1.82) is 0 Å². The van der Waals surface area contributed by atoms with E-state index in [4.69, 9.17) is 23.2 Å². The van der Waals surface area contributed by atoms with Gasteiger partial charge in [0.05, 0.1) is 14.9 Å². The molecule has 0 bridgehead atoms. The van der Waals surface area contributed by atoms with E-state index in [2.05, 4.69) is 5.32 Å². The van der Waals surface area contributed by atoms with E-state index in [1.807, 2.05) is 11.4 Å². The first kappa shape index (κ1) is 23.0. The quantitative estimate of drug-likeness (QED) is 0.605. The van der Waals surface area contributed by atoms with Crippen molar-refractivity contribution >= 4 is 56.4 Å². The number of halogens is 2. The number of thiophene rings is 1. The summed E-state index contributed by atoms with van der Waals surface area (Å²) in [6.45, 7) is 1.39. The van der Waals surface area contributed by atoms with Crippen LogP contribution in [0.1, 0.15) is 22.5 Å². The number of carbonyl (C=O) groups is 2. The lowest BCUT2D eigenvalue weighted by Crippen LogP contribution is -2.50. The van der Waals surface area contributed by atoms with E-state index in [0.29, 0.717) is 30.9 Å². The van der Waals surface area contributed by atoms with Crippen molar-refractivity contribution < 1.29 is 18.0 Å². The fourth-order valence-corrected chi connectivity index (χ4v) is 5.89. The Morgan fingerprint density at radius 3 is 2.47 bits per heavy atom. The van der Waals surface area contributed by atoms with E-state index in [-0.39, 0.29) is 46.3 Å². The summed E-state index contributed by atoms with van der Waals surface area (Å²) in [6, 6.07) is 8.05. The van der Waals surface area contributed by atoms with Gasteiger partial charge in [-0.1, -0.05) is 35.3 Å². The second-order valence-electron chi connectivity index (χ2n) is 6.67. The summed E-state index contributed by atoms with van der Waals surface area (Å²) in [4.78, 5) is 26.5. The van der Waals surface area contributed by atoms with Crippen LogP contribution >= 0.6 is 34.5 Å². The van der Waals surface area contributed by atoms with Crippen LogP contribution in [0.3, 0.4) is 0 Å². The third kappa shape index (κ3) is 5.33. The van der Waals surface area contributed by atoms with Crippen molar-refractivity contribution in [3.63, 3.8) is 0 Å². The molecular formula is C19H21Cl2N3O4S2. The number of piperazine rings is 1. The van der Waals surface area contributed by atoms with Gasteiger partial charge in [0.25, 0.3) is 5.91 Å². The van der Waals surface area contributed by atoms with Gasteiger partial charge in [0.1, 0.15) is 4.90 Å². The summed E-state index contributed by atoms with van der Waals surface area (Å²) in [5.41, 5.74) is 0. The van der Waals surface area contributed by atoms with E-state index in [1.54, 1.807) is 11.0 Å². The Balaban J connectivity index is 1.46. The molecule has 0 spiro atoms. The Bertz CT molecular complexity index is 1000. The molecule has 1 saturated heterocycles. The number of benzene rings is 1. The molecule has 1 fully saturated rings. The van der Waals surface area contributed by atoms with Crippen LogP contribution in [-0.4, -0.2) is 62.2 Å². The number of hydrogen-bond acceptors (Lipinski definition) is 5. The van der Waals surface area contributed by atoms with Crippen LogP contribution in [0.25, 0.3) is 0 Å². The first-order valence-electron chi connectivity index (χ1n) is 9.34. The molecule has 162 valence electrons. The zero-order valence-corrected chi connectivity index (χ0v) is 19.2. The summed E-state index contributed by atoms with van der Waals surface area (Å²) in [5.74, 6) is -0.200. The summed E-state index contributed by atoms with van der Waals surface area (Å²) < 4.78 is 27.0. The highest BCUT2D eigenvalue weighted by atomic mass is 35.5. The highest BCUT2D eigenvalue weighted by molar-refractivity contribution is 7.89. The lowest BCUT2D eigenvalue weighted by atomic mass is 10.2. The molecule has 0 radical (unpaired) electrons. The molecule has 3 rings (SSSR count). The van der Waals surface area contributed by atoms with Crippen molar-refractivity contribution in [2.45, 2.75) is 17.7 Å². The Morgan fingerprint density at radius 2 is 1.80 bits per heavy atom. The van der Waals surface area contributed by atoms with E-state index >= 15 is 0 Å². The minimum atomic E-state index is -3.78. The van der Waals surface area contributed by atoms with Crippen molar-refractivity contribution in [3.05, 3.63) is 50.6 Å². The molecule has 2 aromatic rings. The molecule has 2 heterocycles. The standard InChI is InChI=1S/C19H21Cl2N3O4S2/c20-14-4-1-6-16(18(14)21)30(27,28)24-11-9-23(10-12-24)17(25)7-2-8-22-19(26)15-5-3-13-29-15/h1,3-6,13H,2,7-12H2,(H,22,26). The van der Waals surface area contributed by atoms with Gasteiger partial charge in [0.2, 0.25) is 15.9 Å². The minimum Gasteiger partial charge on any atom is -0.351 e. The lowest BCUT2D eigenvalue weighted by Gasteiger charge is -2.34. The van der Waals surface area contributed by atoms with Crippen LogP contribution in [0.5, 0.6) is 0 Å². The Kier molecular flexibility index (Phi) is 7.75. The van der Waals surface area contributed by atoms with Gasteiger partial charge in [-0.05, 0) is 30.0 Å². The van der Waals surface area contributed by atoms with Crippen LogP contribution < -0.4 is 5.32 Å². The van der Waals surface area contributed by atoms with E-state index in [1.165, 1.54) is 33.8 Å². The second kappa shape index (κ2) is 10.1. The zero-order valence-electron chi connectivity index (χ0n) is 16.0. The molecule has 7 nitrogen and oxygen atoms in total. The van der Waals surface area contributed by atoms with Crippen LogP contribution in [-0.2, 0) is 14.8 Å². The highest BCUT2D eigenvalue weighted by Crippen LogP contribution is 2.31. The maximum atomic E-state index is 12.8. The van der Waals surface area contributed by atoms with Crippen molar-refractivity contribution in [1.82, 2.24) is 14.5 Å². The van der Waals surface area contributed by atoms with E-state index in [9.17, 15) is 18.0 Å². The maximum absolute atomic E-state index is 12.8. The van der Waals surface area contributed by atoms with Crippen LogP contribution in [0.15, 0.2) is 40.6 Å². The minimum absolute atomic E-state index is 0.00210. The molecule has 1 aliphatic rings. The molecule has 1 aromatic carbocycles. The normalized spacial score (nSPS) is 15.2. The summed E-state index contributed by atoms with van der Waals surface area (Å²) in [6.07, 6.45) is 0.810. The number of carbonyl (C=O) groups excluding carboxylic acids is 2. The van der Waals surface area contributed by atoms with Gasteiger partial charge in [0.15, 0.2) is 0 Å². The van der Waals surface area contributed by atoms with Crippen molar-refractivity contribution in [2.24, 2.45) is 0 Å². The zero-order chi connectivity index (χ0) is 21.7. The molecule has 0 saturated carbocycles. The number of sulfonamides is 1. The Labute approximate surface area is 189 Å². The third-order valence-electron chi connectivity index (χ3n) is 4.72. The predicted molar refractivity (Wildman–Crippen MR) is 118 cm³/mol. The van der Waals surface area contributed by atoms with Gasteiger partial charge in [-0.25, -0.2) is 8.42 Å². The predicted octanol–water partition coefficient (Wildman–Crippen LogP) is 3.10. The van der Waals surface area contributed by atoms with Gasteiger partial charge < -0.3 is 10.2 Å². The molecule has 0 unspecified atom stereocenters. The summed E-state index contributed by atoms with van der Waals surface area (Å²) >= 11 is 13.4. The number of rotatable bonds is 7. The largest absolute Gasteiger partial charge is 0.351 e. The van der Waals surface area contributed by atoms with Gasteiger partial charge in [-0.15, -0.1) is 11.3 Å². The fraction of sp³-hybridized carbons (Fsp3) is 0.368. The first-order chi connectivity index (χ1) is 14.3. The molecule has 2 amide bonds. The molecule has 0 atom stereocenters. The molecule has 30 heavy (non-hydrogen) atoms. The van der Waals surface area contributed by atoms with Crippen LogP contribution in [0, 0.1) is 0 Å². The molecule has 1 aliphatic heterocycles. The molecule has 1 N–H and O–H groups in total. The summed E-state index contributed by atoms with van der Waals surface area (Å²) in [5, 5.41) is 4.80. The van der Waals surface area contributed by atoms with Gasteiger partial charge in [0, 0.05) is 39.1 Å². The maximum Gasteiger partial charge on any atom is 0.261 e. The summed E-state index contributed by atoms with van der Waals surface area (Å²) in [7, 11) is -3.78. The third-order valence-corrected chi connectivity index (χ3v) is 8.46. The van der Waals surface area contributed by atoms with Crippen LogP contribution in [0.4, 0.5) is 0 Å². The van der Waals surface area contributed by atoms with E-state index in [0.717, 1.165) is 0 Å². The molecule has 1 aromatic heterocycles. The van der Waals surface area contributed by atoms with E-state index < -0.39 is 10.0 Å².